The van der Waals surface area contributed by atoms with Crippen molar-refractivity contribution in [2.45, 2.75) is 38.8 Å². The second-order valence-electron chi connectivity index (χ2n) is 6.04. The largest absolute Gasteiger partial charge is 0.324 e. The number of carbonyl (C=O) groups is 1. The van der Waals surface area contributed by atoms with E-state index in [1.165, 1.54) is 11.1 Å². The van der Waals surface area contributed by atoms with Crippen molar-refractivity contribution in [2.75, 3.05) is 5.32 Å². The average Bonchev–Trinajstić information content (AvgIpc) is 3.06. The number of hydrogen-bond donors (Lipinski definition) is 3. The predicted molar refractivity (Wildman–Crippen MR) is 93.0 cm³/mol. The van der Waals surface area contributed by atoms with Crippen LogP contribution in [0, 0.1) is 6.92 Å². The fraction of sp³-hybridized carbons (Fsp3) is 0.316. The van der Waals surface area contributed by atoms with Crippen LogP contribution < -0.4 is 16.2 Å². The first-order valence-electron chi connectivity index (χ1n) is 8.13. The number of nitrogens with one attached hydrogen (secondary N) is 3. The standard InChI is InChI=1S/C19H23N3O/c1-3-14-6-4-5-7-16(14)20-19(23)18-12-17(21-22-18)15-10-8-13(2)9-11-15/h4-11,17-18,21-22H,3,12H2,1-2H3,(H,20,23). The van der Waals surface area contributed by atoms with Gasteiger partial charge in [0.05, 0.1) is 0 Å². The third kappa shape index (κ3) is 3.60. The summed E-state index contributed by atoms with van der Waals surface area (Å²) in [6.07, 6.45) is 1.64. The molecule has 1 aliphatic heterocycles. The molecule has 3 N–H and O–H groups in total. The second kappa shape index (κ2) is 6.94. The smallest absolute Gasteiger partial charge is 0.242 e. The minimum absolute atomic E-state index is 0.00742. The number of hydrazine groups is 1. The van der Waals surface area contributed by atoms with E-state index in [-0.39, 0.29) is 18.0 Å². The van der Waals surface area contributed by atoms with Gasteiger partial charge in [-0.3, -0.25) is 4.79 Å². The maximum atomic E-state index is 12.5. The van der Waals surface area contributed by atoms with Gasteiger partial charge in [0.2, 0.25) is 5.91 Å². The Morgan fingerprint density at radius 2 is 1.87 bits per heavy atom. The number of carbonyl (C=O) groups excluding carboxylic acids is 1. The minimum Gasteiger partial charge on any atom is -0.324 e. The van der Waals surface area contributed by atoms with E-state index in [2.05, 4.69) is 54.3 Å². The quantitative estimate of drug-likeness (QED) is 0.813. The van der Waals surface area contributed by atoms with Crippen molar-refractivity contribution < 1.29 is 4.79 Å². The number of rotatable bonds is 4. The van der Waals surface area contributed by atoms with E-state index in [4.69, 9.17) is 0 Å². The molecule has 4 heteroatoms. The highest BCUT2D eigenvalue weighted by atomic mass is 16.2. The molecular formula is C19H23N3O. The van der Waals surface area contributed by atoms with Gasteiger partial charge >= 0.3 is 0 Å². The minimum atomic E-state index is -0.230. The summed E-state index contributed by atoms with van der Waals surface area (Å²) in [7, 11) is 0. The summed E-state index contributed by atoms with van der Waals surface area (Å²) in [6, 6.07) is 16.3. The van der Waals surface area contributed by atoms with E-state index in [1.54, 1.807) is 0 Å². The third-order valence-corrected chi connectivity index (χ3v) is 4.36. The summed E-state index contributed by atoms with van der Waals surface area (Å²) >= 11 is 0. The second-order valence-corrected chi connectivity index (χ2v) is 6.04. The molecule has 0 aliphatic carbocycles. The van der Waals surface area contributed by atoms with Gasteiger partial charge in [-0.05, 0) is 37.0 Å². The number of benzene rings is 2. The van der Waals surface area contributed by atoms with Crippen LogP contribution in [0.25, 0.3) is 0 Å². The van der Waals surface area contributed by atoms with Gasteiger partial charge in [0.15, 0.2) is 0 Å². The number of para-hydroxylation sites is 1. The lowest BCUT2D eigenvalue weighted by Crippen LogP contribution is -2.39. The lowest BCUT2D eigenvalue weighted by molar-refractivity contribution is -0.117. The number of hydrogen-bond acceptors (Lipinski definition) is 3. The summed E-state index contributed by atoms with van der Waals surface area (Å²) in [6.45, 7) is 4.17. The van der Waals surface area contributed by atoms with Crippen LogP contribution in [0.1, 0.15) is 36.1 Å². The normalized spacial score (nSPS) is 20.4. The molecule has 0 aromatic heterocycles. The molecule has 120 valence electrons. The zero-order chi connectivity index (χ0) is 16.2. The number of amides is 1. The van der Waals surface area contributed by atoms with E-state index >= 15 is 0 Å². The molecule has 2 aromatic carbocycles. The Bertz CT molecular complexity index is 681. The average molecular weight is 309 g/mol. The Morgan fingerprint density at radius 1 is 1.13 bits per heavy atom. The van der Waals surface area contributed by atoms with Crippen LogP contribution in [0.2, 0.25) is 0 Å². The predicted octanol–water partition coefficient (Wildman–Crippen LogP) is 3.10. The molecular weight excluding hydrogens is 286 g/mol. The first-order chi connectivity index (χ1) is 11.2. The highest BCUT2D eigenvalue weighted by molar-refractivity contribution is 5.95. The van der Waals surface area contributed by atoms with Crippen molar-refractivity contribution in [2.24, 2.45) is 0 Å². The lowest BCUT2D eigenvalue weighted by Gasteiger charge is -2.13. The van der Waals surface area contributed by atoms with Crippen molar-refractivity contribution >= 4 is 11.6 Å². The van der Waals surface area contributed by atoms with Crippen molar-refractivity contribution in [3.63, 3.8) is 0 Å². The molecule has 1 fully saturated rings. The summed E-state index contributed by atoms with van der Waals surface area (Å²) in [5, 5.41) is 3.04. The third-order valence-electron chi connectivity index (χ3n) is 4.36. The summed E-state index contributed by atoms with van der Waals surface area (Å²) in [4.78, 5) is 12.5. The molecule has 2 aromatic rings. The van der Waals surface area contributed by atoms with Gasteiger partial charge in [-0.2, -0.15) is 0 Å². The molecule has 1 saturated heterocycles. The van der Waals surface area contributed by atoms with Crippen molar-refractivity contribution in [3.05, 3.63) is 65.2 Å². The zero-order valence-electron chi connectivity index (χ0n) is 13.6. The first kappa shape index (κ1) is 15.7. The SMILES string of the molecule is CCc1ccccc1NC(=O)C1CC(c2ccc(C)cc2)NN1. The van der Waals surface area contributed by atoms with Crippen molar-refractivity contribution in [1.82, 2.24) is 10.9 Å². The summed E-state index contributed by atoms with van der Waals surface area (Å²) in [5.41, 5.74) is 10.8. The van der Waals surface area contributed by atoms with Crippen LogP contribution in [0.5, 0.6) is 0 Å². The molecule has 0 radical (unpaired) electrons. The van der Waals surface area contributed by atoms with E-state index in [0.717, 1.165) is 24.1 Å². The number of anilines is 1. The van der Waals surface area contributed by atoms with Gasteiger partial charge in [0.25, 0.3) is 0 Å². The van der Waals surface area contributed by atoms with Crippen LogP contribution in [-0.4, -0.2) is 11.9 Å². The van der Waals surface area contributed by atoms with Gasteiger partial charge in [0, 0.05) is 11.7 Å². The molecule has 4 nitrogen and oxygen atoms in total. The van der Waals surface area contributed by atoms with Crippen LogP contribution >= 0.6 is 0 Å². The molecule has 3 rings (SSSR count). The monoisotopic (exact) mass is 309 g/mol. The highest BCUT2D eigenvalue weighted by Gasteiger charge is 2.30. The van der Waals surface area contributed by atoms with Crippen LogP contribution in [0.15, 0.2) is 48.5 Å². The Hall–Kier alpha value is -2.17. The maximum Gasteiger partial charge on any atom is 0.242 e. The van der Waals surface area contributed by atoms with Gasteiger partial charge in [-0.25, -0.2) is 10.9 Å². The van der Waals surface area contributed by atoms with Crippen LogP contribution in [0.3, 0.4) is 0 Å². The van der Waals surface area contributed by atoms with Gasteiger partial charge in [-0.1, -0.05) is 55.0 Å². The van der Waals surface area contributed by atoms with Gasteiger partial charge in [0.1, 0.15) is 6.04 Å². The first-order valence-corrected chi connectivity index (χ1v) is 8.13. The van der Waals surface area contributed by atoms with Crippen LogP contribution in [0.4, 0.5) is 5.69 Å². The van der Waals surface area contributed by atoms with Gasteiger partial charge in [-0.15, -0.1) is 0 Å². The lowest BCUT2D eigenvalue weighted by atomic mass is 10.0. The van der Waals surface area contributed by atoms with E-state index < -0.39 is 0 Å². The topological polar surface area (TPSA) is 53.2 Å². The fourth-order valence-corrected chi connectivity index (χ4v) is 2.92. The summed E-state index contributed by atoms with van der Waals surface area (Å²) in [5.74, 6) is 0.00742. The molecule has 2 atom stereocenters. The Balaban J connectivity index is 1.64. The van der Waals surface area contributed by atoms with Crippen molar-refractivity contribution in [1.29, 1.82) is 0 Å². The Kier molecular flexibility index (Phi) is 4.74. The molecule has 23 heavy (non-hydrogen) atoms. The highest BCUT2D eigenvalue weighted by Crippen LogP contribution is 2.24. The van der Waals surface area contributed by atoms with E-state index in [1.807, 2.05) is 24.3 Å². The molecule has 0 saturated carbocycles. The molecule has 2 unspecified atom stereocenters. The molecule has 1 aliphatic rings. The maximum absolute atomic E-state index is 12.5. The Morgan fingerprint density at radius 3 is 2.61 bits per heavy atom. The molecule has 1 amide bonds. The Labute approximate surface area is 137 Å². The van der Waals surface area contributed by atoms with Crippen LogP contribution in [-0.2, 0) is 11.2 Å². The zero-order valence-corrected chi connectivity index (χ0v) is 13.6. The summed E-state index contributed by atoms with van der Waals surface area (Å²) < 4.78 is 0. The van der Waals surface area contributed by atoms with Crippen molar-refractivity contribution in [3.8, 4) is 0 Å². The van der Waals surface area contributed by atoms with E-state index in [0.29, 0.717) is 0 Å². The fourth-order valence-electron chi connectivity index (χ4n) is 2.92. The molecule has 0 spiro atoms. The molecule has 1 heterocycles. The molecule has 0 bridgehead atoms. The van der Waals surface area contributed by atoms with Gasteiger partial charge < -0.3 is 5.32 Å². The van der Waals surface area contributed by atoms with E-state index in [9.17, 15) is 4.79 Å². The number of aryl methyl sites for hydroxylation is 2.